The van der Waals surface area contributed by atoms with E-state index in [-0.39, 0.29) is 5.97 Å². The van der Waals surface area contributed by atoms with E-state index < -0.39 is 0 Å². The number of H-pyrrole nitrogens is 1. The summed E-state index contributed by atoms with van der Waals surface area (Å²) >= 11 is 6.20. The van der Waals surface area contributed by atoms with E-state index in [4.69, 9.17) is 16.3 Å². The van der Waals surface area contributed by atoms with E-state index in [1.54, 1.807) is 13.1 Å². The summed E-state index contributed by atoms with van der Waals surface area (Å²) in [5.41, 5.74) is 3.18. The number of carbonyl (C=O) groups is 1. The Morgan fingerprint density at radius 2 is 2.13 bits per heavy atom. The summed E-state index contributed by atoms with van der Waals surface area (Å²) < 4.78 is 5.17. The van der Waals surface area contributed by atoms with Gasteiger partial charge in [-0.25, -0.2) is 9.78 Å². The molecule has 6 heteroatoms. The molecule has 0 atom stereocenters. The Morgan fingerprint density at radius 1 is 1.39 bits per heavy atom. The molecule has 0 unspecified atom stereocenters. The van der Waals surface area contributed by atoms with Gasteiger partial charge in [-0.05, 0) is 26.0 Å². The molecule has 0 aliphatic heterocycles. The Morgan fingerprint density at radius 3 is 2.78 bits per heavy atom. The first-order chi connectivity index (χ1) is 11.0. The fraction of sp³-hybridized carbons (Fsp3) is 0.412. The average molecular weight is 338 g/mol. The van der Waals surface area contributed by atoms with E-state index in [1.807, 2.05) is 19.1 Å². The van der Waals surface area contributed by atoms with Gasteiger partial charge in [-0.2, -0.15) is 0 Å². The molecule has 0 saturated heterocycles. The van der Waals surface area contributed by atoms with Crippen LogP contribution in [0.2, 0.25) is 5.02 Å². The van der Waals surface area contributed by atoms with Crippen molar-refractivity contribution in [1.29, 1.82) is 0 Å². The Bertz CT molecular complexity index is 717. The molecule has 124 valence electrons. The smallest absolute Gasteiger partial charge is 0.346 e. The Labute approximate surface area is 141 Å². The van der Waals surface area contributed by atoms with Crippen LogP contribution in [0.15, 0.2) is 18.3 Å². The number of fused-ring (bicyclic) bond motifs is 1. The predicted molar refractivity (Wildman–Crippen MR) is 92.4 cm³/mol. The van der Waals surface area contributed by atoms with Gasteiger partial charge in [-0.15, -0.1) is 0 Å². The third kappa shape index (κ3) is 3.92. The second-order valence-electron chi connectivity index (χ2n) is 5.78. The third-order valence-electron chi connectivity index (χ3n) is 3.72. The number of aryl methyl sites for hydroxylation is 1. The van der Waals surface area contributed by atoms with Crippen LogP contribution in [-0.4, -0.2) is 39.8 Å². The zero-order chi connectivity index (χ0) is 17.0. The number of halogens is 1. The second kappa shape index (κ2) is 7.62. The van der Waals surface area contributed by atoms with Gasteiger partial charge in [0, 0.05) is 5.56 Å². The van der Waals surface area contributed by atoms with Gasteiger partial charge >= 0.3 is 5.97 Å². The molecule has 0 bridgehead atoms. The number of anilines is 1. The van der Waals surface area contributed by atoms with Crippen molar-refractivity contribution in [2.24, 2.45) is 0 Å². The number of nitrogens with one attached hydrogen (secondary N) is 3. The van der Waals surface area contributed by atoms with Crippen LogP contribution in [0.4, 0.5) is 5.69 Å². The topological polar surface area (TPSA) is 56.9 Å². The number of esters is 1. The third-order valence-corrected chi connectivity index (χ3v) is 4.13. The number of pyridine rings is 1. The highest BCUT2D eigenvalue weighted by Crippen LogP contribution is 2.29. The lowest BCUT2D eigenvalue weighted by atomic mass is 10.1. The number of rotatable bonds is 6. The Hall–Kier alpha value is -1.85. The molecule has 3 N–H and O–H groups in total. The number of aromatic amines is 1. The molecule has 5 nitrogen and oxygen atoms in total. The van der Waals surface area contributed by atoms with Gasteiger partial charge < -0.3 is 15.0 Å². The molecule has 2 rings (SSSR count). The first-order valence-corrected chi connectivity index (χ1v) is 8.17. The van der Waals surface area contributed by atoms with Gasteiger partial charge in [0.2, 0.25) is 5.52 Å². The predicted octanol–water partition coefficient (Wildman–Crippen LogP) is 1.35. The van der Waals surface area contributed by atoms with Crippen molar-refractivity contribution in [1.82, 2.24) is 0 Å². The quantitative estimate of drug-likeness (QED) is 0.782. The van der Waals surface area contributed by atoms with E-state index >= 15 is 0 Å². The maximum Gasteiger partial charge on any atom is 0.346 e. The van der Waals surface area contributed by atoms with Crippen molar-refractivity contribution < 1.29 is 19.4 Å². The van der Waals surface area contributed by atoms with Crippen molar-refractivity contribution in [3.63, 3.8) is 0 Å². The highest BCUT2D eigenvalue weighted by Gasteiger charge is 2.21. The van der Waals surface area contributed by atoms with Crippen LogP contribution in [0.1, 0.15) is 22.8 Å². The monoisotopic (exact) mass is 337 g/mol. The minimum Gasteiger partial charge on any atom is -0.462 e. The van der Waals surface area contributed by atoms with E-state index in [2.05, 4.69) is 24.4 Å². The van der Waals surface area contributed by atoms with Gasteiger partial charge in [0.15, 0.2) is 6.20 Å². The van der Waals surface area contributed by atoms with Crippen LogP contribution in [0.5, 0.6) is 0 Å². The molecular formula is C17H24ClN3O2+2. The zero-order valence-electron chi connectivity index (χ0n) is 14.0. The molecule has 0 saturated carbocycles. The molecule has 1 aromatic heterocycles. The Balaban J connectivity index is 2.52. The maximum atomic E-state index is 12.2. The lowest BCUT2D eigenvalue weighted by Crippen LogP contribution is -3.06. The van der Waals surface area contributed by atoms with E-state index in [1.165, 1.54) is 4.90 Å². The van der Waals surface area contributed by atoms with Gasteiger partial charge in [-0.3, -0.25) is 0 Å². The minimum atomic E-state index is -0.335. The molecule has 1 aromatic carbocycles. The first-order valence-electron chi connectivity index (χ1n) is 7.79. The van der Waals surface area contributed by atoms with Crippen LogP contribution < -0.4 is 15.2 Å². The summed E-state index contributed by atoms with van der Waals surface area (Å²) in [6.45, 7) is 5.80. The molecule has 0 aliphatic rings. The van der Waals surface area contributed by atoms with Crippen LogP contribution in [-0.2, 0) is 4.74 Å². The number of aromatic nitrogens is 1. The molecule has 0 aliphatic carbocycles. The second-order valence-corrected chi connectivity index (χ2v) is 6.18. The average Bonchev–Trinajstić information content (AvgIpc) is 2.51. The lowest BCUT2D eigenvalue weighted by molar-refractivity contribution is -0.856. The summed E-state index contributed by atoms with van der Waals surface area (Å²) in [7, 11) is 4.18. The standard InChI is InChI=1S/C17H22ClN3O2/c1-5-23-17(22)13-10-20-15-11(2)14(18)7-6-12(15)16(13)19-8-9-21(3)4/h6-7,10H,5,8-9H2,1-4H3,(H,19,20)/p+2. The fourth-order valence-electron chi connectivity index (χ4n) is 2.44. The molecule has 0 amide bonds. The number of benzene rings is 1. The molecular weight excluding hydrogens is 314 g/mol. The van der Waals surface area contributed by atoms with Crippen LogP contribution in [0.3, 0.4) is 0 Å². The van der Waals surface area contributed by atoms with Gasteiger partial charge in [0.25, 0.3) is 0 Å². The number of ether oxygens (including phenoxy) is 1. The van der Waals surface area contributed by atoms with Gasteiger partial charge in [-0.1, -0.05) is 11.6 Å². The number of likely N-dealkylation sites (N-methyl/N-ethyl adjacent to an activating group) is 1. The molecule has 0 spiro atoms. The normalized spacial score (nSPS) is 11.0. The van der Waals surface area contributed by atoms with Crippen LogP contribution >= 0.6 is 11.6 Å². The Kier molecular flexibility index (Phi) is 5.80. The summed E-state index contributed by atoms with van der Waals surface area (Å²) in [6, 6.07) is 3.78. The minimum absolute atomic E-state index is 0.335. The van der Waals surface area contributed by atoms with Crippen molar-refractivity contribution in [3.8, 4) is 0 Å². The summed E-state index contributed by atoms with van der Waals surface area (Å²) in [5.74, 6) is -0.335. The van der Waals surface area contributed by atoms with Gasteiger partial charge in [0.1, 0.15) is 5.56 Å². The van der Waals surface area contributed by atoms with Crippen LogP contribution in [0.25, 0.3) is 10.9 Å². The molecule has 0 radical (unpaired) electrons. The van der Waals surface area contributed by atoms with E-state index in [0.29, 0.717) is 17.2 Å². The van der Waals surface area contributed by atoms with Crippen molar-refractivity contribution >= 4 is 34.2 Å². The largest absolute Gasteiger partial charge is 0.462 e. The van der Waals surface area contributed by atoms with Crippen LogP contribution in [0, 0.1) is 6.92 Å². The number of hydrogen-bond acceptors (Lipinski definition) is 3. The highest BCUT2D eigenvalue weighted by molar-refractivity contribution is 6.32. The van der Waals surface area contributed by atoms with Crippen molar-refractivity contribution in [2.75, 3.05) is 39.1 Å². The van der Waals surface area contributed by atoms with Crippen molar-refractivity contribution in [3.05, 3.63) is 34.5 Å². The molecule has 2 aromatic rings. The van der Waals surface area contributed by atoms with Crippen molar-refractivity contribution in [2.45, 2.75) is 13.8 Å². The summed E-state index contributed by atoms with van der Waals surface area (Å²) in [6.07, 6.45) is 1.69. The van der Waals surface area contributed by atoms with Gasteiger partial charge in [0.05, 0.1) is 49.9 Å². The van der Waals surface area contributed by atoms with E-state index in [9.17, 15) is 4.79 Å². The lowest BCUT2D eigenvalue weighted by Gasteiger charge is -2.13. The summed E-state index contributed by atoms with van der Waals surface area (Å²) in [4.78, 5) is 16.8. The number of hydrogen-bond donors (Lipinski definition) is 2. The zero-order valence-corrected chi connectivity index (χ0v) is 14.8. The SMILES string of the molecule is CCOC(=O)c1c[nH+]c2c(C)c(Cl)ccc2c1NCC[NH+](C)C. The molecule has 1 heterocycles. The maximum absolute atomic E-state index is 12.2. The number of quaternary nitrogens is 1. The fourth-order valence-corrected chi connectivity index (χ4v) is 2.60. The summed E-state index contributed by atoms with van der Waals surface area (Å²) in [5, 5.41) is 5.02. The highest BCUT2D eigenvalue weighted by atomic mass is 35.5. The van der Waals surface area contributed by atoms with E-state index in [0.717, 1.165) is 35.2 Å². The first kappa shape index (κ1) is 17.5. The number of carbonyl (C=O) groups excluding carboxylic acids is 1. The molecule has 23 heavy (non-hydrogen) atoms. The molecule has 0 fully saturated rings.